The van der Waals surface area contributed by atoms with Gasteiger partial charge in [0.25, 0.3) is 0 Å². The van der Waals surface area contributed by atoms with Crippen LogP contribution in [-0.4, -0.2) is 41.5 Å². The fraction of sp³-hybridized carbons (Fsp3) is 0.267. The number of esters is 1. The van der Waals surface area contributed by atoms with Gasteiger partial charge in [0, 0.05) is 10.0 Å². The molecule has 2 rings (SSSR count). The number of rotatable bonds is 5. The number of carbonyl (C=O) groups excluding carboxylic acids is 3. The van der Waals surface area contributed by atoms with E-state index >= 15 is 0 Å². The molecule has 7 heteroatoms. The molecule has 0 bridgehead atoms. The molecule has 1 aromatic carbocycles. The summed E-state index contributed by atoms with van der Waals surface area (Å²) in [5.74, 6) is -0.663. The van der Waals surface area contributed by atoms with Gasteiger partial charge in [0.05, 0.1) is 30.0 Å². The second-order valence-corrected chi connectivity index (χ2v) is 6.34. The fourth-order valence-corrected chi connectivity index (χ4v) is 3.05. The normalized spacial score (nSPS) is 16.2. The van der Waals surface area contributed by atoms with E-state index < -0.39 is 5.97 Å². The van der Waals surface area contributed by atoms with Crippen molar-refractivity contribution in [2.75, 3.05) is 18.9 Å². The lowest BCUT2D eigenvalue weighted by Crippen LogP contribution is -2.31. The van der Waals surface area contributed by atoms with Crippen molar-refractivity contribution < 1.29 is 19.1 Å². The topological polar surface area (TPSA) is 63.7 Å². The Balaban J connectivity index is 2.11. The minimum atomic E-state index is -0.513. The van der Waals surface area contributed by atoms with E-state index in [9.17, 15) is 14.4 Å². The Bertz CT molecular complexity index is 627. The van der Waals surface area contributed by atoms with Crippen LogP contribution in [0.3, 0.4) is 0 Å². The molecule has 0 saturated carbocycles. The molecule has 0 radical (unpaired) electrons. The highest BCUT2D eigenvalue weighted by Crippen LogP contribution is 2.29. The Hall–Kier alpha value is -1.60. The first-order chi connectivity index (χ1) is 10.5. The molecule has 1 amide bonds. The average molecular weight is 384 g/mol. The molecule has 1 heterocycles. The molecule has 1 saturated heterocycles. The smallest absolute Gasteiger partial charge is 0.333 e. The first-order valence-electron chi connectivity index (χ1n) is 6.61. The first kappa shape index (κ1) is 16.8. The zero-order valence-corrected chi connectivity index (χ0v) is 14.3. The van der Waals surface area contributed by atoms with Crippen LogP contribution in [0.25, 0.3) is 0 Å². The summed E-state index contributed by atoms with van der Waals surface area (Å²) in [5.41, 5.74) is 0.517. The van der Waals surface area contributed by atoms with Gasteiger partial charge in [0.2, 0.25) is 5.91 Å². The van der Waals surface area contributed by atoms with Gasteiger partial charge in [-0.2, -0.15) is 0 Å². The fourth-order valence-electron chi connectivity index (χ4n) is 1.86. The van der Waals surface area contributed by atoms with Crippen LogP contribution in [-0.2, 0) is 14.3 Å². The van der Waals surface area contributed by atoms with E-state index in [-0.39, 0.29) is 30.6 Å². The van der Waals surface area contributed by atoms with Crippen LogP contribution in [0.15, 0.2) is 39.8 Å². The number of ether oxygens (including phenoxy) is 1. The highest BCUT2D eigenvalue weighted by Gasteiger charge is 2.29. The molecule has 0 atom stereocenters. The van der Waals surface area contributed by atoms with Crippen LogP contribution in [0.2, 0.25) is 0 Å². The lowest BCUT2D eigenvalue weighted by molar-refractivity contribution is -0.137. The van der Waals surface area contributed by atoms with Crippen molar-refractivity contribution in [3.63, 3.8) is 0 Å². The maximum atomic E-state index is 12.3. The largest absolute Gasteiger partial charge is 0.463 e. The molecule has 5 nitrogen and oxygen atoms in total. The zero-order chi connectivity index (χ0) is 16.1. The van der Waals surface area contributed by atoms with E-state index in [0.29, 0.717) is 10.6 Å². The molecule has 1 aliphatic heterocycles. The first-order valence-corrected chi connectivity index (χ1v) is 8.39. The number of carbonyl (C=O) groups is 3. The highest BCUT2D eigenvalue weighted by atomic mass is 79.9. The molecule has 1 fully saturated rings. The molecule has 116 valence electrons. The third-order valence-corrected chi connectivity index (χ3v) is 4.46. The van der Waals surface area contributed by atoms with E-state index in [2.05, 4.69) is 15.9 Å². The number of halogens is 1. The lowest BCUT2D eigenvalue weighted by Gasteiger charge is -2.16. The van der Waals surface area contributed by atoms with Gasteiger partial charge in [-0.15, -0.1) is 0 Å². The van der Waals surface area contributed by atoms with Gasteiger partial charge in [-0.05, 0) is 19.1 Å². The zero-order valence-electron chi connectivity index (χ0n) is 11.9. The van der Waals surface area contributed by atoms with E-state index in [1.807, 2.05) is 0 Å². The summed E-state index contributed by atoms with van der Waals surface area (Å²) in [6, 6.07) is 6.91. The van der Waals surface area contributed by atoms with Crippen LogP contribution in [0, 0.1) is 0 Å². The van der Waals surface area contributed by atoms with E-state index in [0.717, 1.165) is 4.47 Å². The minimum Gasteiger partial charge on any atom is -0.463 e. The summed E-state index contributed by atoms with van der Waals surface area (Å²) in [4.78, 5) is 37.0. The molecule has 0 N–H and O–H groups in total. The van der Waals surface area contributed by atoms with Crippen molar-refractivity contribution in [1.82, 2.24) is 4.90 Å². The number of hydrogen-bond donors (Lipinski definition) is 0. The second-order valence-electron chi connectivity index (χ2n) is 4.43. The molecular weight excluding hydrogens is 370 g/mol. The Labute approximate surface area is 140 Å². The molecule has 0 unspecified atom stereocenters. The predicted molar refractivity (Wildman–Crippen MR) is 87.4 cm³/mol. The monoisotopic (exact) mass is 383 g/mol. The molecule has 1 aromatic rings. The third kappa shape index (κ3) is 4.20. The standard InChI is InChI=1S/C15H14BrNO4S/c1-2-21-15(20)7-14-17(13(19)9-22-14)8-12(18)10-3-5-11(16)6-4-10/h3-7H,2,8-9H2,1H3. The van der Waals surface area contributed by atoms with Crippen molar-refractivity contribution >= 4 is 45.4 Å². The third-order valence-electron chi connectivity index (χ3n) is 2.91. The molecule has 1 aliphatic rings. The number of hydrogen-bond acceptors (Lipinski definition) is 5. The van der Waals surface area contributed by atoms with Crippen LogP contribution in [0.4, 0.5) is 0 Å². The van der Waals surface area contributed by atoms with Crippen molar-refractivity contribution in [3.8, 4) is 0 Å². The Morgan fingerprint density at radius 1 is 1.36 bits per heavy atom. The van der Waals surface area contributed by atoms with Crippen LogP contribution in [0.5, 0.6) is 0 Å². The van der Waals surface area contributed by atoms with Crippen molar-refractivity contribution in [3.05, 3.63) is 45.4 Å². The molecule has 0 aromatic heterocycles. The van der Waals surface area contributed by atoms with Gasteiger partial charge >= 0.3 is 5.97 Å². The van der Waals surface area contributed by atoms with Gasteiger partial charge in [-0.3, -0.25) is 14.5 Å². The molecule has 22 heavy (non-hydrogen) atoms. The van der Waals surface area contributed by atoms with Crippen LogP contribution >= 0.6 is 27.7 Å². The van der Waals surface area contributed by atoms with E-state index in [1.165, 1.54) is 22.7 Å². The quantitative estimate of drug-likeness (QED) is 0.444. The maximum absolute atomic E-state index is 12.3. The number of benzene rings is 1. The Morgan fingerprint density at radius 3 is 2.68 bits per heavy atom. The van der Waals surface area contributed by atoms with Gasteiger partial charge in [0.15, 0.2) is 5.78 Å². The summed E-state index contributed by atoms with van der Waals surface area (Å²) < 4.78 is 5.71. The summed E-state index contributed by atoms with van der Waals surface area (Å²) in [5, 5.41) is 0.453. The van der Waals surface area contributed by atoms with Crippen LogP contribution < -0.4 is 0 Å². The summed E-state index contributed by atoms with van der Waals surface area (Å²) in [6.07, 6.45) is 1.26. The van der Waals surface area contributed by atoms with Crippen LogP contribution in [0.1, 0.15) is 17.3 Å². The number of amides is 1. The lowest BCUT2D eigenvalue weighted by atomic mass is 10.1. The molecule has 0 spiro atoms. The summed E-state index contributed by atoms with van der Waals surface area (Å²) in [7, 11) is 0. The average Bonchev–Trinajstić information content (AvgIpc) is 2.81. The minimum absolute atomic E-state index is 0.0846. The van der Waals surface area contributed by atoms with E-state index in [4.69, 9.17) is 4.74 Å². The van der Waals surface area contributed by atoms with Crippen molar-refractivity contribution in [2.45, 2.75) is 6.92 Å². The molecular formula is C15H14BrNO4S. The van der Waals surface area contributed by atoms with Gasteiger partial charge < -0.3 is 4.74 Å². The van der Waals surface area contributed by atoms with Gasteiger partial charge in [0.1, 0.15) is 0 Å². The number of ketones is 1. The SMILES string of the molecule is CCOC(=O)C=C1SCC(=O)N1CC(=O)c1ccc(Br)cc1. The highest BCUT2D eigenvalue weighted by molar-refractivity contribution is 9.10. The summed E-state index contributed by atoms with van der Waals surface area (Å²) in [6.45, 7) is 1.88. The van der Waals surface area contributed by atoms with Crippen molar-refractivity contribution in [1.29, 1.82) is 0 Å². The maximum Gasteiger partial charge on any atom is 0.333 e. The van der Waals surface area contributed by atoms with Crippen molar-refractivity contribution in [2.24, 2.45) is 0 Å². The van der Waals surface area contributed by atoms with Gasteiger partial charge in [-0.1, -0.05) is 39.8 Å². The van der Waals surface area contributed by atoms with E-state index in [1.54, 1.807) is 31.2 Å². The Morgan fingerprint density at radius 2 is 2.05 bits per heavy atom. The number of thioether (sulfide) groups is 1. The second kappa shape index (κ2) is 7.60. The Kier molecular flexibility index (Phi) is 5.79. The predicted octanol–water partition coefficient (Wildman–Crippen LogP) is 2.61. The number of nitrogens with zero attached hydrogens (tertiary/aromatic N) is 1. The summed E-state index contributed by atoms with van der Waals surface area (Å²) >= 11 is 4.53. The van der Waals surface area contributed by atoms with Gasteiger partial charge in [-0.25, -0.2) is 4.79 Å². The number of Topliss-reactive ketones (excluding diaryl/α,β-unsaturated/α-hetero) is 1. The molecule has 0 aliphatic carbocycles.